The second kappa shape index (κ2) is 12.4. The SMILES string of the molecule is CC(C)(C)c1ccc(N2C3=CCC(C(C)(C)C)C=C3B3c4cc(C(C)(C)C)ccc4N(c4ccc(C(C)(C)C)cc4)c4cc5c(c2c43)OC2C=CC=CC52)cc1. The lowest BCUT2D eigenvalue weighted by Crippen LogP contribution is -2.57. The molecule has 3 atom stereocenters. The van der Waals surface area contributed by atoms with Crippen molar-refractivity contribution in [2.24, 2.45) is 11.3 Å². The van der Waals surface area contributed by atoms with Gasteiger partial charge in [0.05, 0.1) is 5.69 Å². The fraction of sp³-hybridized carbons (Fsp3) is 0.385. The zero-order valence-corrected chi connectivity index (χ0v) is 35.7. The highest BCUT2D eigenvalue weighted by Crippen LogP contribution is 2.56. The van der Waals surface area contributed by atoms with Gasteiger partial charge in [0.1, 0.15) is 11.9 Å². The number of fused-ring (bicyclic) bond motifs is 8. The normalized spacial score (nSPS) is 21.1. The molecule has 3 nitrogen and oxygen atoms in total. The first-order valence-electron chi connectivity index (χ1n) is 20.9. The molecule has 4 aromatic rings. The third kappa shape index (κ3) is 5.84. The van der Waals surface area contributed by atoms with Crippen molar-refractivity contribution in [2.75, 3.05) is 9.80 Å². The minimum Gasteiger partial charge on any atom is -0.483 e. The van der Waals surface area contributed by atoms with Crippen molar-refractivity contribution < 1.29 is 4.74 Å². The standard InChI is InChI=1S/C52H59BN2O/c1-49(2,3)32-17-23-36(24-18-32)54-42-27-21-34(51(7,8)9)29-40(42)53-41-30-35(52(10,11)12)22-28-43(41)55(37-25-19-33(20-26-37)50(4,5)6)47-46(53)44(54)31-39-38-15-13-14-16-45(38)56-48(39)47/h13-21,23-31,35,38,45H,22H2,1-12H3. The van der Waals surface area contributed by atoms with E-state index in [0.717, 1.165) is 12.2 Å². The van der Waals surface area contributed by atoms with Crippen LogP contribution in [-0.4, -0.2) is 12.8 Å². The fourth-order valence-corrected chi connectivity index (χ4v) is 9.60. The summed E-state index contributed by atoms with van der Waals surface area (Å²) >= 11 is 0. The molecule has 0 spiro atoms. The summed E-state index contributed by atoms with van der Waals surface area (Å²) in [7, 11) is 0. The maximum atomic E-state index is 7.18. The van der Waals surface area contributed by atoms with Gasteiger partial charge in [-0.1, -0.05) is 150 Å². The highest BCUT2D eigenvalue weighted by Gasteiger charge is 2.50. The fourth-order valence-electron chi connectivity index (χ4n) is 9.60. The third-order valence-electron chi connectivity index (χ3n) is 13.1. The minimum absolute atomic E-state index is 0.00417. The predicted octanol–water partition coefficient (Wildman–Crippen LogP) is 12.5. The van der Waals surface area contributed by atoms with Crippen molar-refractivity contribution in [3.05, 3.63) is 143 Å². The number of benzene rings is 4. The molecule has 56 heavy (non-hydrogen) atoms. The predicted molar refractivity (Wildman–Crippen MR) is 240 cm³/mol. The van der Waals surface area contributed by atoms with Gasteiger partial charge in [-0.2, -0.15) is 0 Å². The highest BCUT2D eigenvalue weighted by atomic mass is 16.5. The molecule has 0 amide bonds. The smallest absolute Gasteiger partial charge is 0.251 e. The van der Waals surface area contributed by atoms with Gasteiger partial charge >= 0.3 is 0 Å². The van der Waals surface area contributed by atoms with Crippen LogP contribution in [0.4, 0.5) is 28.4 Å². The van der Waals surface area contributed by atoms with E-state index in [1.807, 2.05) is 0 Å². The van der Waals surface area contributed by atoms with Gasteiger partial charge in [0, 0.05) is 39.9 Å². The monoisotopic (exact) mass is 738 g/mol. The Morgan fingerprint density at radius 1 is 0.625 bits per heavy atom. The Bertz CT molecular complexity index is 2360. The lowest BCUT2D eigenvalue weighted by Gasteiger charge is -2.48. The minimum atomic E-state index is -0.0318. The van der Waals surface area contributed by atoms with Gasteiger partial charge in [0.25, 0.3) is 6.71 Å². The van der Waals surface area contributed by atoms with Crippen LogP contribution in [0.3, 0.4) is 0 Å². The van der Waals surface area contributed by atoms with Crippen LogP contribution in [0.25, 0.3) is 0 Å². The van der Waals surface area contributed by atoms with Crippen LogP contribution in [0.15, 0.2) is 120 Å². The number of hydrogen-bond donors (Lipinski definition) is 0. The molecule has 0 radical (unpaired) electrons. The number of hydrogen-bond acceptors (Lipinski definition) is 3. The topological polar surface area (TPSA) is 15.7 Å². The van der Waals surface area contributed by atoms with Crippen molar-refractivity contribution in [3.8, 4) is 5.75 Å². The summed E-state index contributed by atoms with van der Waals surface area (Å²) in [5.74, 6) is 1.59. The van der Waals surface area contributed by atoms with Crippen LogP contribution in [-0.2, 0) is 16.2 Å². The van der Waals surface area contributed by atoms with Crippen LogP contribution in [0.2, 0.25) is 0 Å². The van der Waals surface area contributed by atoms with E-state index in [2.05, 4.69) is 202 Å². The average Bonchev–Trinajstić information content (AvgIpc) is 3.51. The van der Waals surface area contributed by atoms with Crippen LogP contribution < -0.4 is 25.5 Å². The van der Waals surface area contributed by atoms with Gasteiger partial charge in [-0.25, -0.2) is 0 Å². The first-order chi connectivity index (χ1) is 26.3. The van der Waals surface area contributed by atoms with E-state index < -0.39 is 0 Å². The van der Waals surface area contributed by atoms with Crippen LogP contribution in [0.1, 0.15) is 118 Å². The van der Waals surface area contributed by atoms with E-state index in [0.29, 0.717) is 5.92 Å². The van der Waals surface area contributed by atoms with Crippen LogP contribution in [0.5, 0.6) is 5.75 Å². The molecule has 0 saturated carbocycles. The molecule has 3 heterocycles. The summed E-state index contributed by atoms with van der Waals surface area (Å²) in [6, 6.07) is 28.5. The Morgan fingerprint density at radius 2 is 1.20 bits per heavy atom. The lowest BCUT2D eigenvalue weighted by molar-refractivity contribution is 0.269. The third-order valence-corrected chi connectivity index (χ3v) is 13.1. The van der Waals surface area contributed by atoms with Crippen molar-refractivity contribution in [3.63, 3.8) is 0 Å². The molecule has 0 fully saturated rings. The molecule has 0 aromatic heterocycles. The maximum Gasteiger partial charge on any atom is 0.251 e. The quantitative estimate of drug-likeness (QED) is 0.191. The Balaban J connectivity index is 1.40. The van der Waals surface area contributed by atoms with E-state index in [9.17, 15) is 0 Å². The molecule has 2 aliphatic carbocycles. The van der Waals surface area contributed by atoms with Gasteiger partial charge < -0.3 is 14.5 Å². The second-order valence-corrected chi connectivity index (χ2v) is 21.1. The van der Waals surface area contributed by atoms with Gasteiger partial charge in [0.2, 0.25) is 0 Å². The molecular formula is C52H59BN2O. The number of nitrogens with zero attached hydrogens (tertiary/aromatic N) is 2. The van der Waals surface area contributed by atoms with Crippen molar-refractivity contribution in [1.29, 1.82) is 0 Å². The summed E-state index contributed by atoms with van der Waals surface area (Å²) in [4.78, 5) is 5.15. The molecule has 5 aliphatic rings. The number of ether oxygens (including phenoxy) is 1. The molecular weight excluding hydrogens is 679 g/mol. The van der Waals surface area contributed by atoms with E-state index in [-0.39, 0.29) is 40.4 Å². The molecule has 286 valence electrons. The number of anilines is 5. The van der Waals surface area contributed by atoms with Crippen molar-refractivity contribution in [1.82, 2.24) is 0 Å². The molecule has 0 N–H and O–H groups in total. The number of rotatable bonds is 2. The van der Waals surface area contributed by atoms with Gasteiger partial charge in [-0.15, -0.1) is 0 Å². The van der Waals surface area contributed by atoms with E-state index in [4.69, 9.17) is 4.74 Å². The van der Waals surface area contributed by atoms with Crippen LogP contribution in [0, 0.1) is 11.3 Å². The zero-order chi connectivity index (χ0) is 39.7. The molecule has 9 rings (SSSR count). The summed E-state index contributed by atoms with van der Waals surface area (Å²) in [5.41, 5.74) is 17.0. The molecule has 0 saturated heterocycles. The van der Waals surface area contributed by atoms with Crippen LogP contribution >= 0.6 is 0 Å². The Morgan fingerprint density at radius 3 is 1.79 bits per heavy atom. The molecule has 4 heteroatoms. The molecule has 0 bridgehead atoms. The van der Waals surface area contributed by atoms with E-state index in [1.165, 1.54) is 72.8 Å². The van der Waals surface area contributed by atoms with Crippen molar-refractivity contribution >= 4 is 46.1 Å². The zero-order valence-electron chi connectivity index (χ0n) is 35.7. The van der Waals surface area contributed by atoms with E-state index in [1.54, 1.807) is 0 Å². The van der Waals surface area contributed by atoms with Gasteiger partial charge in [0.15, 0.2) is 0 Å². The van der Waals surface area contributed by atoms with Crippen molar-refractivity contribution in [2.45, 2.75) is 118 Å². The summed E-state index contributed by atoms with van der Waals surface area (Å²) in [6.45, 7) is 28.1. The maximum absolute atomic E-state index is 7.18. The first-order valence-corrected chi connectivity index (χ1v) is 20.9. The second-order valence-electron chi connectivity index (χ2n) is 21.1. The largest absolute Gasteiger partial charge is 0.483 e. The lowest BCUT2D eigenvalue weighted by atomic mass is 9.31. The van der Waals surface area contributed by atoms with Gasteiger partial charge in [-0.05, 0) is 110 Å². The summed E-state index contributed by atoms with van der Waals surface area (Å²) in [6.07, 6.45) is 15.1. The molecule has 4 aromatic carbocycles. The average molecular weight is 739 g/mol. The Kier molecular flexibility index (Phi) is 8.17. The highest BCUT2D eigenvalue weighted by molar-refractivity contribution is 6.96. The molecule has 3 aliphatic heterocycles. The first kappa shape index (κ1) is 36.9. The molecule has 3 unspecified atom stereocenters. The Labute approximate surface area is 336 Å². The number of allylic oxidation sites excluding steroid dienone is 5. The Hall–Kier alpha value is -4.70. The van der Waals surface area contributed by atoms with E-state index >= 15 is 0 Å². The summed E-state index contributed by atoms with van der Waals surface area (Å²) in [5, 5.41) is 0. The van der Waals surface area contributed by atoms with Gasteiger partial charge in [-0.3, -0.25) is 0 Å². The summed E-state index contributed by atoms with van der Waals surface area (Å²) < 4.78 is 7.18.